The Morgan fingerprint density at radius 3 is 2.29 bits per heavy atom. The van der Waals surface area contributed by atoms with Crippen molar-refractivity contribution in [1.29, 1.82) is 0 Å². The Balaban J connectivity index is 2.16. The van der Waals surface area contributed by atoms with E-state index in [1.54, 1.807) is 12.1 Å². The zero-order valence-electron chi connectivity index (χ0n) is 11.8. The van der Waals surface area contributed by atoms with Crippen molar-refractivity contribution in [2.24, 2.45) is 5.14 Å². The Labute approximate surface area is 133 Å². The molecule has 2 aromatic carbocycles. The van der Waals surface area contributed by atoms with Crippen LogP contribution in [0.1, 0.15) is 24.1 Å². The Hall–Kier alpha value is -1.37. The molecule has 0 spiro atoms. The average Bonchev–Trinajstić information content (AvgIpc) is 2.42. The minimum absolute atomic E-state index is 0.0557. The highest BCUT2D eigenvalue weighted by molar-refractivity contribution is 9.10. The molecule has 6 heteroatoms. The lowest BCUT2D eigenvalue weighted by molar-refractivity contribution is 0.597. The van der Waals surface area contributed by atoms with Gasteiger partial charge in [-0.25, -0.2) is 13.6 Å². The zero-order chi connectivity index (χ0) is 15.6. The van der Waals surface area contributed by atoms with Crippen molar-refractivity contribution in [3.8, 4) is 0 Å². The summed E-state index contributed by atoms with van der Waals surface area (Å²) in [5.41, 5.74) is 3.15. The van der Waals surface area contributed by atoms with Crippen LogP contribution in [0.3, 0.4) is 0 Å². The van der Waals surface area contributed by atoms with Crippen molar-refractivity contribution < 1.29 is 8.42 Å². The third-order valence-corrected chi connectivity index (χ3v) is 5.07. The van der Waals surface area contributed by atoms with Gasteiger partial charge >= 0.3 is 0 Å². The molecule has 0 aliphatic carbocycles. The zero-order valence-corrected chi connectivity index (χ0v) is 14.2. The normalized spacial score (nSPS) is 13.0. The van der Waals surface area contributed by atoms with Gasteiger partial charge in [0.2, 0.25) is 10.0 Å². The van der Waals surface area contributed by atoms with E-state index in [-0.39, 0.29) is 10.9 Å². The molecule has 4 nitrogen and oxygen atoms in total. The molecule has 0 saturated heterocycles. The summed E-state index contributed by atoms with van der Waals surface area (Å²) in [5, 5.41) is 8.47. The van der Waals surface area contributed by atoms with E-state index >= 15 is 0 Å². The largest absolute Gasteiger partial charge is 0.379 e. The monoisotopic (exact) mass is 368 g/mol. The lowest BCUT2D eigenvalue weighted by Gasteiger charge is -2.16. The van der Waals surface area contributed by atoms with Crippen LogP contribution in [0.15, 0.2) is 51.8 Å². The van der Waals surface area contributed by atoms with Gasteiger partial charge in [-0.05, 0) is 55.3 Å². The van der Waals surface area contributed by atoms with Gasteiger partial charge in [0, 0.05) is 16.2 Å². The molecular weight excluding hydrogens is 352 g/mol. The summed E-state index contributed by atoms with van der Waals surface area (Å²) in [6.07, 6.45) is 0. The lowest BCUT2D eigenvalue weighted by atomic mass is 10.1. The van der Waals surface area contributed by atoms with E-state index in [0.29, 0.717) is 0 Å². The molecule has 0 radical (unpaired) electrons. The highest BCUT2D eigenvalue weighted by Gasteiger charge is 2.10. The van der Waals surface area contributed by atoms with Crippen LogP contribution in [-0.4, -0.2) is 8.42 Å². The van der Waals surface area contributed by atoms with E-state index in [1.165, 1.54) is 12.1 Å². The number of nitrogens with two attached hydrogens (primary N) is 1. The van der Waals surface area contributed by atoms with Crippen molar-refractivity contribution in [2.75, 3.05) is 5.32 Å². The SMILES string of the molecule is Cc1cc(NC(C)c2ccc(S(N)(=O)=O)cc2)ccc1Br. The Bertz CT molecular complexity index is 743. The first-order chi connectivity index (χ1) is 9.77. The number of hydrogen-bond acceptors (Lipinski definition) is 3. The molecule has 0 fully saturated rings. The maximum absolute atomic E-state index is 11.2. The molecule has 1 atom stereocenters. The maximum atomic E-state index is 11.2. The summed E-state index contributed by atoms with van der Waals surface area (Å²) >= 11 is 3.47. The van der Waals surface area contributed by atoms with E-state index in [4.69, 9.17) is 5.14 Å². The lowest BCUT2D eigenvalue weighted by Crippen LogP contribution is -2.12. The number of hydrogen-bond donors (Lipinski definition) is 2. The number of rotatable bonds is 4. The fraction of sp³-hybridized carbons (Fsp3) is 0.200. The number of aryl methyl sites for hydroxylation is 1. The van der Waals surface area contributed by atoms with Gasteiger partial charge in [-0.1, -0.05) is 28.1 Å². The van der Waals surface area contributed by atoms with E-state index < -0.39 is 10.0 Å². The first-order valence-electron chi connectivity index (χ1n) is 6.43. The first-order valence-corrected chi connectivity index (χ1v) is 8.77. The summed E-state index contributed by atoms with van der Waals surface area (Å²) in [6.45, 7) is 4.05. The smallest absolute Gasteiger partial charge is 0.238 e. The van der Waals surface area contributed by atoms with Crippen LogP contribution in [-0.2, 0) is 10.0 Å². The summed E-state index contributed by atoms with van der Waals surface area (Å²) in [5.74, 6) is 0. The minimum Gasteiger partial charge on any atom is -0.379 e. The molecule has 2 aromatic rings. The average molecular weight is 369 g/mol. The molecule has 21 heavy (non-hydrogen) atoms. The number of halogens is 1. The second kappa shape index (κ2) is 6.17. The van der Waals surface area contributed by atoms with Crippen LogP contribution < -0.4 is 10.5 Å². The number of nitrogens with one attached hydrogen (secondary N) is 1. The fourth-order valence-corrected chi connectivity index (χ4v) is 2.78. The number of primary sulfonamides is 1. The number of anilines is 1. The van der Waals surface area contributed by atoms with E-state index in [0.717, 1.165) is 21.3 Å². The molecule has 0 amide bonds. The third kappa shape index (κ3) is 4.06. The topological polar surface area (TPSA) is 72.2 Å². The van der Waals surface area contributed by atoms with Gasteiger partial charge in [0.05, 0.1) is 4.90 Å². The van der Waals surface area contributed by atoms with E-state index in [9.17, 15) is 8.42 Å². The maximum Gasteiger partial charge on any atom is 0.238 e. The molecule has 112 valence electrons. The molecule has 1 unspecified atom stereocenters. The van der Waals surface area contributed by atoms with Crippen LogP contribution in [0.2, 0.25) is 0 Å². The molecule has 0 aliphatic heterocycles. The molecule has 0 aliphatic rings. The van der Waals surface area contributed by atoms with Gasteiger partial charge in [0.25, 0.3) is 0 Å². The second-order valence-corrected chi connectivity index (χ2v) is 7.36. The fourth-order valence-electron chi connectivity index (χ4n) is 2.01. The quantitative estimate of drug-likeness (QED) is 0.865. The van der Waals surface area contributed by atoms with Gasteiger partial charge in [-0.2, -0.15) is 0 Å². The highest BCUT2D eigenvalue weighted by atomic mass is 79.9. The Kier molecular flexibility index (Phi) is 4.70. The predicted octanol–water partition coefficient (Wildman–Crippen LogP) is 3.58. The van der Waals surface area contributed by atoms with Crippen molar-refractivity contribution >= 4 is 31.6 Å². The van der Waals surface area contributed by atoms with Gasteiger partial charge in [-0.3, -0.25) is 0 Å². The van der Waals surface area contributed by atoms with Gasteiger partial charge in [-0.15, -0.1) is 0 Å². The molecule has 2 rings (SSSR count). The summed E-state index contributed by atoms with van der Waals surface area (Å²) in [7, 11) is -3.64. The van der Waals surface area contributed by atoms with E-state index in [2.05, 4.69) is 27.3 Å². The van der Waals surface area contributed by atoms with Crippen LogP contribution in [0.4, 0.5) is 5.69 Å². The third-order valence-electron chi connectivity index (χ3n) is 3.25. The molecule has 0 aromatic heterocycles. The highest BCUT2D eigenvalue weighted by Crippen LogP contribution is 2.24. The van der Waals surface area contributed by atoms with Crippen LogP contribution in [0.5, 0.6) is 0 Å². The molecule has 3 N–H and O–H groups in total. The standard InChI is InChI=1S/C15H17BrN2O2S/c1-10-9-13(5-8-15(10)16)18-11(2)12-3-6-14(7-4-12)21(17,19)20/h3-9,11,18H,1-2H3,(H2,17,19,20). The van der Waals surface area contributed by atoms with Crippen molar-refractivity contribution in [3.63, 3.8) is 0 Å². The molecule has 0 heterocycles. The first kappa shape index (κ1) is 16.0. The number of sulfonamides is 1. The predicted molar refractivity (Wildman–Crippen MR) is 88.7 cm³/mol. The van der Waals surface area contributed by atoms with E-state index in [1.807, 2.05) is 26.0 Å². The van der Waals surface area contributed by atoms with Crippen molar-refractivity contribution in [2.45, 2.75) is 24.8 Å². The van der Waals surface area contributed by atoms with Crippen LogP contribution in [0.25, 0.3) is 0 Å². The molecular formula is C15H17BrN2O2S. The van der Waals surface area contributed by atoms with Gasteiger partial charge in [0.15, 0.2) is 0 Å². The Morgan fingerprint density at radius 2 is 1.76 bits per heavy atom. The second-order valence-electron chi connectivity index (χ2n) is 4.94. The summed E-state index contributed by atoms with van der Waals surface area (Å²) in [6, 6.07) is 12.7. The molecule has 0 saturated carbocycles. The van der Waals surface area contributed by atoms with Crippen molar-refractivity contribution in [1.82, 2.24) is 0 Å². The van der Waals surface area contributed by atoms with Gasteiger partial charge < -0.3 is 5.32 Å². The molecule has 0 bridgehead atoms. The van der Waals surface area contributed by atoms with Gasteiger partial charge in [0.1, 0.15) is 0 Å². The summed E-state index contributed by atoms with van der Waals surface area (Å²) < 4.78 is 23.5. The minimum atomic E-state index is -3.64. The van der Waals surface area contributed by atoms with Crippen molar-refractivity contribution in [3.05, 3.63) is 58.1 Å². The summed E-state index contributed by atoms with van der Waals surface area (Å²) in [4.78, 5) is 0.123. The van der Waals surface area contributed by atoms with Crippen LogP contribution >= 0.6 is 15.9 Å². The van der Waals surface area contributed by atoms with Crippen LogP contribution in [0, 0.1) is 6.92 Å². The number of benzene rings is 2. The Morgan fingerprint density at radius 1 is 1.14 bits per heavy atom.